The SMILES string of the molecule is CCN(CC)C(=O)CC(c1ccccc1OC)c1cnc2cc(C)ccn12. The first-order valence-electron chi connectivity index (χ1n) is 9.43. The lowest BCUT2D eigenvalue weighted by molar-refractivity contribution is -0.131. The molecule has 0 saturated carbocycles. The van der Waals surface area contributed by atoms with Crippen molar-refractivity contribution in [2.24, 2.45) is 0 Å². The van der Waals surface area contributed by atoms with Gasteiger partial charge in [0.25, 0.3) is 0 Å². The highest BCUT2D eigenvalue weighted by molar-refractivity contribution is 5.78. The molecule has 27 heavy (non-hydrogen) atoms. The van der Waals surface area contributed by atoms with Gasteiger partial charge in [-0.2, -0.15) is 0 Å². The number of aromatic nitrogens is 2. The molecule has 0 aliphatic rings. The number of carbonyl (C=O) groups excluding carboxylic acids is 1. The van der Waals surface area contributed by atoms with Crippen LogP contribution >= 0.6 is 0 Å². The molecule has 1 atom stereocenters. The van der Waals surface area contributed by atoms with Crippen molar-refractivity contribution in [1.82, 2.24) is 14.3 Å². The molecular weight excluding hydrogens is 338 g/mol. The van der Waals surface area contributed by atoms with Crippen LogP contribution in [-0.4, -0.2) is 40.4 Å². The van der Waals surface area contributed by atoms with Gasteiger partial charge in [-0.25, -0.2) is 4.98 Å². The van der Waals surface area contributed by atoms with Crippen molar-refractivity contribution in [3.63, 3.8) is 0 Å². The highest BCUT2D eigenvalue weighted by atomic mass is 16.5. The normalized spacial score (nSPS) is 12.1. The number of carbonyl (C=O) groups is 1. The summed E-state index contributed by atoms with van der Waals surface area (Å²) in [6, 6.07) is 12.0. The van der Waals surface area contributed by atoms with E-state index >= 15 is 0 Å². The van der Waals surface area contributed by atoms with Crippen molar-refractivity contribution in [3.05, 3.63) is 65.6 Å². The summed E-state index contributed by atoms with van der Waals surface area (Å²) in [5.41, 5.74) is 4.05. The summed E-state index contributed by atoms with van der Waals surface area (Å²) in [7, 11) is 1.67. The highest BCUT2D eigenvalue weighted by Crippen LogP contribution is 2.35. The number of hydrogen-bond acceptors (Lipinski definition) is 3. The number of methoxy groups -OCH3 is 1. The van der Waals surface area contributed by atoms with E-state index in [4.69, 9.17) is 4.74 Å². The van der Waals surface area contributed by atoms with Crippen molar-refractivity contribution in [1.29, 1.82) is 0 Å². The summed E-state index contributed by atoms with van der Waals surface area (Å²) in [5, 5.41) is 0. The van der Waals surface area contributed by atoms with Crippen LogP contribution in [0.4, 0.5) is 0 Å². The van der Waals surface area contributed by atoms with Gasteiger partial charge in [-0.1, -0.05) is 18.2 Å². The van der Waals surface area contributed by atoms with E-state index in [-0.39, 0.29) is 11.8 Å². The Morgan fingerprint density at radius 3 is 2.67 bits per heavy atom. The molecule has 0 N–H and O–H groups in total. The predicted molar refractivity (Wildman–Crippen MR) is 107 cm³/mol. The van der Waals surface area contributed by atoms with Gasteiger partial charge in [0, 0.05) is 43.4 Å². The molecule has 1 aromatic carbocycles. The third-order valence-corrected chi connectivity index (χ3v) is 5.06. The molecule has 5 heteroatoms. The summed E-state index contributed by atoms with van der Waals surface area (Å²) in [6.45, 7) is 7.49. The third-order valence-electron chi connectivity index (χ3n) is 5.06. The van der Waals surface area contributed by atoms with E-state index < -0.39 is 0 Å². The van der Waals surface area contributed by atoms with Crippen LogP contribution in [0, 0.1) is 6.92 Å². The molecular formula is C22H27N3O2. The molecule has 3 rings (SSSR count). The van der Waals surface area contributed by atoms with Gasteiger partial charge in [0.15, 0.2) is 0 Å². The minimum absolute atomic E-state index is 0.132. The van der Waals surface area contributed by atoms with E-state index in [1.165, 1.54) is 0 Å². The molecule has 1 amide bonds. The quantitative estimate of drug-likeness (QED) is 0.635. The average Bonchev–Trinajstić information content (AvgIpc) is 3.09. The zero-order valence-corrected chi connectivity index (χ0v) is 16.5. The van der Waals surface area contributed by atoms with Crippen molar-refractivity contribution in [2.45, 2.75) is 33.1 Å². The number of aryl methyl sites for hydroxylation is 1. The monoisotopic (exact) mass is 365 g/mol. The second-order valence-electron chi connectivity index (χ2n) is 6.68. The van der Waals surface area contributed by atoms with E-state index in [1.54, 1.807) is 7.11 Å². The molecule has 3 aromatic rings. The zero-order valence-electron chi connectivity index (χ0n) is 16.5. The summed E-state index contributed by atoms with van der Waals surface area (Å²) in [4.78, 5) is 19.4. The fourth-order valence-corrected chi connectivity index (χ4v) is 3.57. The van der Waals surface area contributed by atoms with Crippen LogP contribution in [0.25, 0.3) is 5.65 Å². The number of para-hydroxylation sites is 1. The Kier molecular flexibility index (Phi) is 5.79. The van der Waals surface area contributed by atoms with E-state index in [1.807, 2.05) is 55.4 Å². The largest absolute Gasteiger partial charge is 0.496 e. The van der Waals surface area contributed by atoms with Crippen LogP contribution in [0.15, 0.2) is 48.8 Å². The van der Waals surface area contributed by atoms with Crippen molar-refractivity contribution in [3.8, 4) is 5.75 Å². The smallest absolute Gasteiger partial charge is 0.223 e. The summed E-state index contributed by atoms with van der Waals surface area (Å²) in [5.74, 6) is 0.793. The van der Waals surface area contributed by atoms with Crippen LogP contribution in [-0.2, 0) is 4.79 Å². The number of rotatable bonds is 7. The van der Waals surface area contributed by atoms with Gasteiger partial charge in [0.05, 0.1) is 12.8 Å². The second kappa shape index (κ2) is 8.25. The zero-order chi connectivity index (χ0) is 19.4. The molecule has 0 radical (unpaired) electrons. The topological polar surface area (TPSA) is 46.8 Å². The number of nitrogens with zero attached hydrogens (tertiary/aromatic N) is 3. The lowest BCUT2D eigenvalue weighted by atomic mass is 9.91. The Morgan fingerprint density at radius 2 is 1.96 bits per heavy atom. The lowest BCUT2D eigenvalue weighted by Crippen LogP contribution is -2.32. The van der Waals surface area contributed by atoms with E-state index in [9.17, 15) is 4.79 Å². The van der Waals surface area contributed by atoms with E-state index in [2.05, 4.69) is 28.4 Å². The molecule has 142 valence electrons. The van der Waals surface area contributed by atoms with Crippen LogP contribution in [0.2, 0.25) is 0 Å². The number of imidazole rings is 1. The number of benzene rings is 1. The maximum absolute atomic E-state index is 12.9. The minimum atomic E-state index is -0.132. The Labute approximate surface area is 160 Å². The van der Waals surface area contributed by atoms with Gasteiger partial charge in [-0.3, -0.25) is 4.79 Å². The number of pyridine rings is 1. The third kappa shape index (κ3) is 3.82. The molecule has 0 aliphatic heterocycles. The van der Waals surface area contributed by atoms with Gasteiger partial charge >= 0.3 is 0 Å². The second-order valence-corrected chi connectivity index (χ2v) is 6.68. The van der Waals surface area contributed by atoms with E-state index in [0.717, 1.165) is 28.2 Å². The molecule has 2 aromatic heterocycles. The van der Waals surface area contributed by atoms with Crippen LogP contribution in [0.3, 0.4) is 0 Å². The highest BCUT2D eigenvalue weighted by Gasteiger charge is 2.26. The van der Waals surface area contributed by atoms with Crippen molar-refractivity contribution < 1.29 is 9.53 Å². The predicted octanol–water partition coefficient (Wildman–Crippen LogP) is 4.04. The fraction of sp³-hybridized carbons (Fsp3) is 0.364. The Hall–Kier alpha value is -2.82. The number of hydrogen-bond donors (Lipinski definition) is 0. The first-order valence-corrected chi connectivity index (χ1v) is 9.43. The molecule has 5 nitrogen and oxygen atoms in total. The maximum atomic E-state index is 12.9. The Balaban J connectivity index is 2.10. The molecule has 0 fully saturated rings. The van der Waals surface area contributed by atoms with Gasteiger partial charge < -0.3 is 14.0 Å². The molecule has 0 aliphatic carbocycles. The van der Waals surface area contributed by atoms with Gasteiger partial charge in [-0.15, -0.1) is 0 Å². The van der Waals surface area contributed by atoms with Gasteiger partial charge in [0.1, 0.15) is 11.4 Å². The Bertz CT molecular complexity index is 928. The first kappa shape index (κ1) is 19.0. The van der Waals surface area contributed by atoms with Crippen LogP contribution < -0.4 is 4.74 Å². The number of ether oxygens (including phenoxy) is 1. The van der Waals surface area contributed by atoms with Crippen molar-refractivity contribution >= 4 is 11.6 Å². The van der Waals surface area contributed by atoms with Crippen molar-refractivity contribution in [2.75, 3.05) is 20.2 Å². The molecule has 0 bridgehead atoms. The molecule has 1 unspecified atom stereocenters. The summed E-state index contributed by atoms with van der Waals surface area (Å²) < 4.78 is 7.66. The molecule has 2 heterocycles. The Morgan fingerprint density at radius 1 is 1.22 bits per heavy atom. The fourth-order valence-electron chi connectivity index (χ4n) is 3.57. The average molecular weight is 365 g/mol. The minimum Gasteiger partial charge on any atom is -0.496 e. The van der Waals surface area contributed by atoms with Gasteiger partial charge in [0.2, 0.25) is 5.91 Å². The number of fused-ring (bicyclic) bond motifs is 1. The van der Waals surface area contributed by atoms with E-state index in [0.29, 0.717) is 19.5 Å². The molecule has 0 saturated heterocycles. The maximum Gasteiger partial charge on any atom is 0.223 e. The standard InChI is InChI=1S/C22H27N3O2/c1-5-24(6-2)22(26)14-18(17-9-7-8-10-20(17)27-4)19-15-23-21-13-16(3)11-12-25(19)21/h7-13,15,18H,5-6,14H2,1-4H3. The summed E-state index contributed by atoms with van der Waals surface area (Å²) in [6.07, 6.45) is 4.28. The summed E-state index contributed by atoms with van der Waals surface area (Å²) >= 11 is 0. The first-order chi connectivity index (χ1) is 13.1. The molecule has 0 spiro atoms. The van der Waals surface area contributed by atoms with Gasteiger partial charge in [-0.05, 0) is 44.5 Å². The van der Waals surface area contributed by atoms with Crippen LogP contribution in [0.1, 0.15) is 43.0 Å². The van der Waals surface area contributed by atoms with Crippen LogP contribution in [0.5, 0.6) is 5.75 Å². The number of amides is 1. The lowest BCUT2D eigenvalue weighted by Gasteiger charge is -2.24.